The first-order valence-corrected chi connectivity index (χ1v) is 5.80. The average molecular weight is 235 g/mol. The highest BCUT2D eigenvalue weighted by molar-refractivity contribution is 7.17. The molecule has 0 amide bonds. The van der Waals surface area contributed by atoms with Gasteiger partial charge >= 0.3 is 0 Å². The second kappa shape index (κ2) is 4.40. The minimum atomic E-state index is -0.193. The monoisotopic (exact) mass is 235 g/mol. The van der Waals surface area contributed by atoms with Gasteiger partial charge in [0.25, 0.3) is 0 Å². The van der Waals surface area contributed by atoms with Crippen molar-refractivity contribution < 1.29 is 5.21 Å². The molecule has 0 radical (unpaired) electrons. The van der Waals surface area contributed by atoms with Crippen LogP contribution in [0.3, 0.4) is 0 Å². The predicted octanol–water partition coefficient (Wildman–Crippen LogP) is 2.45. The molecule has 0 saturated heterocycles. The van der Waals surface area contributed by atoms with Crippen LogP contribution in [0.5, 0.6) is 0 Å². The molecule has 84 valence electrons. The van der Waals surface area contributed by atoms with Crippen molar-refractivity contribution in [3.63, 3.8) is 0 Å². The third kappa shape index (κ3) is 2.09. The van der Waals surface area contributed by atoms with Crippen LogP contribution < -0.4 is 11.1 Å². The van der Waals surface area contributed by atoms with Crippen LogP contribution in [-0.4, -0.2) is 17.1 Å². The fourth-order valence-electron chi connectivity index (χ4n) is 1.47. The van der Waals surface area contributed by atoms with E-state index in [1.165, 1.54) is 10.1 Å². The van der Waals surface area contributed by atoms with Crippen LogP contribution in [0.2, 0.25) is 0 Å². The lowest BCUT2D eigenvalue weighted by atomic mass is 10.2. The Bertz CT molecular complexity index is 521. The number of thiophene rings is 1. The number of amidine groups is 1. The van der Waals surface area contributed by atoms with Crippen molar-refractivity contribution in [3.8, 4) is 0 Å². The van der Waals surface area contributed by atoms with Gasteiger partial charge in [-0.15, -0.1) is 11.3 Å². The second-order valence-corrected chi connectivity index (χ2v) is 4.51. The second-order valence-electron chi connectivity index (χ2n) is 3.56. The van der Waals surface area contributed by atoms with E-state index >= 15 is 0 Å². The van der Waals surface area contributed by atoms with E-state index in [-0.39, 0.29) is 11.9 Å². The van der Waals surface area contributed by atoms with Gasteiger partial charge in [-0.1, -0.05) is 5.16 Å². The molecule has 0 aliphatic heterocycles. The molecule has 1 heterocycles. The normalized spacial score (nSPS) is 13.9. The third-order valence-electron chi connectivity index (χ3n) is 2.39. The third-order valence-corrected chi connectivity index (χ3v) is 3.29. The Kier molecular flexibility index (Phi) is 2.96. The highest BCUT2D eigenvalue weighted by Crippen LogP contribution is 2.24. The Morgan fingerprint density at radius 2 is 2.31 bits per heavy atom. The molecule has 1 aromatic carbocycles. The van der Waals surface area contributed by atoms with E-state index in [9.17, 15) is 0 Å². The summed E-state index contributed by atoms with van der Waals surface area (Å²) in [5.41, 5.74) is 6.46. The molecule has 16 heavy (non-hydrogen) atoms. The molecular weight excluding hydrogens is 222 g/mol. The van der Waals surface area contributed by atoms with Crippen LogP contribution in [0, 0.1) is 0 Å². The van der Waals surface area contributed by atoms with E-state index in [0.717, 1.165) is 5.69 Å². The SMILES string of the molecule is CC(Nc1ccc2sccc2c1)C(N)=NO. The van der Waals surface area contributed by atoms with Gasteiger partial charge in [-0.3, -0.25) is 0 Å². The zero-order chi connectivity index (χ0) is 11.5. The number of benzene rings is 1. The first kappa shape index (κ1) is 10.8. The van der Waals surface area contributed by atoms with E-state index in [1.54, 1.807) is 11.3 Å². The van der Waals surface area contributed by atoms with Gasteiger partial charge in [0.15, 0.2) is 5.84 Å². The van der Waals surface area contributed by atoms with Gasteiger partial charge in [0, 0.05) is 10.4 Å². The van der Waals surface area contributed by atoms with E-state index in [2.05, 4.69) is 28.0 Å². The largest absolute Gasteiger partial charge is 0.409 e. The van der Waals surface area contributed by atoms with Crippen molar-refractivity contribution in [1.82, 2.24) is 0 Å². The number of fused-ring (bicyclic) bond motifs is 1. The summed E-state index contributed by atoms with van der Waals surface area (Å²) in [5, 5.41) is 17.9. The van der Waals surface area contributed by atoms with Crippen LogP contribution in [0.15, 0.2) is 34.8 Å². The zero-order valence-electron chi connectivity index (χ0n) is 8.84. The van der Waals surface area contributed by atoms with E-state index in [4.69, 9.17) is 10.9 Å². The van der Waals surface area contributed by atoms with Crippen molar-refractivity contribution in [3.05, 3.63) is 29.6 Å². The lowest BCUT2D eigenvalue weighted by Gasteiger charge is -2.13. The number of nitrogens with one attached hydrogen (secondary N) is 1. The van der Waals surface area contributed by atoms with Crippen LogP contribution in [0.4, 0.5) is 5.69 Å². The van der Waals surface area contributed by atoms with Crippen molar-refractivity contribution in [2.24, 2.45) is 10.9 Å². The van der Waals surface area contributed by atoms with Gasteiger partial charge in [0.05, 0.1) is 6.04 Å². The number of nitrogens with zero attached hydrogens (tertiary/aromatic N) is 1. The Labute approximate surface area is 97.4 Å². The van der Waals surface area contributed by atoms with Crippen LogP contribution in [-0.2, 0) is 0 Å². The molecule has 4 N–H and O–H groups in total. The molecule has 0 fully saturated rings. The Hall–Kier alpha value is -1.75. The molecule has 0 bridgehead atoms. The smallest absolute Gasteiger partial charge is 0.161 e. The molecular formula is C11H13N3OS. The van der Waals surface area contributed by atoms with Gasteiger partial charge < -0.3 is 16.3 Å². The maximum absolute atomic E-state index is 8.55. The molecule has 1 unspecified atom stereocenters. The predicted molar refractivity (Wildman–Crippen MR) is 68.3 cm³/mol. The number of rotatable bonds is 3. The maximum atomic E-state index is 8.55. The van der Waals surface area contributed by atoms with Crippen molar-refractivity contribution >= 4 is 32.9 Å². The molecule has 2 aromatic rings. The van der Waals surface area contributed by atoms with Gasteiger partial charge in [-0.2, -0.15) is 0 Å². The molecule has 1 atom stereocenters. The van der Waals surface area contributed by atoms with Crippen LogP contribution in [0.25, 0.3) is 10.1 Å². The fraction of sp³-hybridized carbons (Fsp3) is 0.182. The fourth-order valence-corrected chi connectivity index (χ4v) is 2.24. The molecule has 0 aliphatic rings. The van der Waals surface area contributed by atoms with E-state index < -0.39 is 0 Å². The van der Waals surface area contributed by atoms with Gasteiger partial charge in [-0.05, 0) is 42.0 Å². The summed E-state index contributed by atoms with van der Waals surface area (Å²) < 4.78 is 1.25. The first-order chi connectivity index (χ1) is 7.70. The highest BCUT2D eigenvalue weighted by Gasteiger charge is 2.07. The topological polar surface area (TPSA) is 70.6 Å². The molecule has 4 nitrogen and oxygen atoms in total. The van der Waals surface area contributed by atoms with Gasteiger partial charge in [0.2, 0.25) is 0 Å². The average Bonchev–Trinajstić information content (AvgIpc) is 2.75. The summed E-state index contributed by atoms with van der Waals surface area (Å²) in [7, 11) is 0. The van der Waals surface area contributed by atoms with Crippen LogP contribution in [0.1, 0.15) is 6.92 Å². The van der Waals surface area contributed by atoms with E-state index in [0.29, 0.717) is 0 Å². The molecule has 0 aliphatic carbocycles. The number of oxime groups is 1. The summed E-state index contributed by atoms with van der Waals surface area (Å²) in [4.78, 5) is 0. The molecule has 0 saturated carbocycles. The Morgan fingerprint density at radius 1 is 1.50 bits per heavy atom. The van der Waals surface area contributed by atoms with Gasteiger partial charge in [0.1, 0.15) is 0 Å². The van der Waals surface area contributed by atoms with E-state index in [1.807, 2.05) is 19.1 Å². The molecule has 0 spiro atoms. The summed E-state index contributed by atoms with van der Waals surface area (Å²) >= 11 is 1.71. The Morgan fingerprint density at radius 3 is 3.06 bits per heavy atom. The maximum Gasteiger partial charge on any atom is 0.161 e. The van der Waals surface area contributed by atoms with Gasteiger partial charge in [-0.25, -0.2) is 0 Å². The summed E-state index contributed by atoms with van der Waals surface area (Å²) in [6, 6.07) is 7.97. The van der Waals surface area contributed by atoms with Crippen molar-refractivity contribution in [1.29, 1.82) is 0 Å². The minimum absolute atomic E-state index is 0.172. The summed E-state index contributed by atoms with van der Waals surface area (Å²) in [6.45, 7) is 1.84. The minimum Gasteiger partial charge on any atom is -0.409 e. The quantitative estimate of drug-likeness (QED) is 0.331. The number of nitrogens with two attached hydrogens (primary N) is 1. The summed E-state index contributed by atoms with van der Waals surface area (Å²) in [6.07, 6.45) is 0. The highest BCUT2D eigenvalue weighted by atomic mass is 32.1. The zero-order valence-corrected chi connectivity index (χ0v) is 9.66. The Balaban J connectivity index is 2.21. The number of hydrogen-bond donors (Lipinski definition) is 3. The van der Waals surface area contributed by atoms with Crippen molar-refractivity contribution in [2.45, 2.75) is 13.0 Å². The lowest BCUT2D eigenvalue weighted by Crippen LogP contribution is -2.32. The molecule has 1 aromatic heterocycles. The summed E-state index contributed by atoms with van der Waals surface area (Å²) in [5.74, 6) is 0.172. The molecule has 2 rings (SSSR count). The lowest BCUT2D eigenvalue weighted by molar-refractivity contribution is 0.316. The number of anilines is 1. The number of hydrogen-bond acceptors (Lipinski definition) is 4. The van der Waals surface area contributed by atoms with Crippen LogP contribution >= 0.6 is 11.3 Å². The van der Waals surface area contributed by atoms with Crippen molar-refractivity contribution in [2.75, 3.05) is 5.32 Å². The standard InChI is InChI=1S/C11H13N3OS/c1-7(11(12)14-15)13-9-2-3-10-8(6-9)4-5-16-10/h2-7,13,15H,1H3,(H2,12,14). The first-order valence-electron chi connectivity index (χ1n) is 4.92. The molecule has 5 heteroatoms.